The van der Waals surface area contributed by atoms with Crippen molar-refractivity contribution in [1.82, 2.24) is 4.98 Å². The molecule has 0 aliphatic heterocycles. The lowest BCUT2D eigenvalue weighted by Gasteiger charge is -2.00. The summed E-state index contributed by atoms with van der Waals surface area (Å²) in [5.74, 6) is 0. The molecule has 12 heavy (non-hydrogen) atoms. The molecule has 0 radical (unpaired) electrons. The van der Waals surface area contributed by atoms with Gasteiger partial charge in [0.2, 0.25) is 0 Å². The molecule has 2 heteroatoms. The zero-order valence-corrected chi connectivity index (χ0v) is 7.25. The van der Waals surface area contributed by atoms with E-state index in [9.17, 15) is 0 Å². The molecule has 0 saturated heterocycles. The van der Waals surface area contributed by atoms with Gasteiger partial charge < -0.3 is 0 Å². The van der Waals surface area contributed by atoms with Gasteiger partial charge in [-0.25, -0.2) is 4.98 Å². The lowest BCUT2D eigenvalue weighted by atomic mass is 10.1. The molecule has 0 aromatic carbocycles. The van der Waals surface area contributed by atoms with Crippen molar-refractivity contribution in [1.29, 1.82) is 0 Å². The molecule has 0 atom stereocenters. The van der Waals surface area contributed by atoms with Crippen molar-refractivity contribution < 1.29 is 0 Å². The fraction of sp³-hybridized carbons (Fsp3) is 0.100. The first-order valence-corrected chi connectivity index (χ1v) is 4.23. The molecule has 0 saturated carbocycles. The highest BCUT2D eigenvalue weighted by molar-refractivity contribution is 6.29. The maximum absolute atomic E-state index is 5.77. The van der Waals surface area contributed by atoms with Gasteiger partial charge in [0.05, 0.1) is 5.69 Å². The summed E-state index contributed by atoms with van der Waals surface area (Å²) in [4.78, 5) is 4.24. The maximum Gasteiger partial charge on any atom is 0.129 e. The number of pyridine rings is 1. The molecule has 0 spiro atoms. The van der Waals surface area contributed by atoms with Crippen LogP contribution in [0, 0.1) is 0 Å². The van der Waals surface area contributed by atoms with Crippen LogP contribution in [0.4, 0.5) is 0 Å². The van der Waals surface area contributed by atoms with Crippen LogP contribution in [0.1, 0.15) is 11.3 Å². The van der Waals surface area contributed by atoms with E-state index < -0.39 is 0 Å². The first-order chi connectivity index (χ1) is 5.86. The molecule has 0 fully saturated rings. The Morgan fingerprint density at radius 2 is 2.17 bits per heavy atom. The van der Waals surface area contributed by atoms with Gasteiger partial charge in [-0.3, -0.25) is 0 Å². The van der Waals surface area contributed by atoms with Crippen molar-refractivity contribution in [2.75, 3.05) is 0 Å². The van der Waals surface area contributed by atoms with E-state index in [1.807, 2.05) is 30.4 Å². The van der Waals surface area contributed by atoms with Crippen LogP contribution < -0.4 is 0 Å². The highest BCUT2D eigenvalue weighted by Crippen LogP contribution is 2.16. The topological polar surface area (TPSA) is 12.9 Å². The van der Waals surface area contributed by atoms with E-state index in [4.69, 9.17) is 11.6 Å². The van der Waals surface area contributed by atoms with E-state index in [1.165, 1.54) is 0 Å². The number of aromatic nitrogens is 1. The van der Waals surface area contributed by atoms with Crippen LogP contribution in [-0.4, -0.2) is 4.98 Å². The van der Waals surface area contributed by atoms with Crippen molar-refractivity contribution in [3.8, 4) is 0 Å². The van der Waals surface area contributed by atoms with Crippen molar-refractivity contribution in [2.45, 2.75) is 6.42 Å². The standard InChI is InChI=1S/C10H8ClN/c11-10-7-6-8-4-2-1-3-5-9(8)12-10/h1-4,6-7H,5H2. The zero-order chi connectivity index (χ0) is 8.39. The molecule has 60 valence electrons. The fourth-order valence-electron chi connectivity index (χ4n) is 1.22. The molecule has 0 amide bonds. The van der Waals surface area contributed by atoms with Gasteiger partial charge >= 0.3 is 0 Å². The summed E-state index contributed by atoms with van der Waals surface area (Å²) in [5.41, 5.74) is 2.21. The Hall–Kier alpha value is -1.08. The number of halogens is 1. The summed E-state index contributed by atoms with van der Waals surface area (Å²) in [5, 5.41) is 0.567. The smallest absolute Gasteiger partial charge is 0.129 e. The lowest BCUT2D eigenvalue weighted by molar-refractivity contribution is 1.10. The van der Waals surface area contributed by atoms with E-state index in [0.29, 0.717) is 5.15 Å². The molecule has 0 N–H and O–H groups in total. The van der Waals surface area contributed by atoms with Crippen LogP contribution in [0.5, 0.6) is 0 Å². The number of nitrogens with zero attached hydrogens (tertiary/aromatic N) is 1. The molecule has 2 rings (SSSR count). The second-order valence-corrected chi connectivity index (χ2v) is 3.05. The molecule has 0 bridgehead atoms. The lowest BCUT2D eigenvalue weighted by Crippen LogP contribution is -1.91. The quantitative estimate of drug-likeness (QED) is 0.556. The van der Waals surface area contributed by atoms with Crippen molar-refractivity contribution >= 4 is 17.7 Å². The molecular weight excluding hydrogens is 170 g/mol. The minimum absolute atomic E-state index is 0.567. The van der Waals surface area contributed by atoms with E-state index in [2.05, 4.69) is 11.1 Å². The van der Waals surface area contributed by atoms with Gasteiger partial charge in [-0.05, 0) is 11.6 Å². The highest BCUT2D eigenvalue weighted by Gasteiger charge is 2.01. The number of hydrogen-bond donors (Lipinski definition) is 0. The third-order valence-electron chi connectivity index (χ3n) is 1.81. The molecule has 1 heterocycles. The maximum atomic E-state index is 5.77. The third-order valence-corrected chi connectivity index (χ3v) is 2.02. The van der Waals surface area contributed by atoms with Gasteiger partial charge in [0.25, 0.3) is 0 Å². The van der Waals surface area contributed by atoms with Gasteiger partial charge in [-0.2, -0.15) is 0 Å². The Bertz CT molecular complexity index is 353. The van der Waals surface area contributed by atoms with Crippen molar-refractivity contribution in [2.24, 2.45) is 0 Å². The van der Waals surface area contributed by atoms with Crippen LogP contribution in [0.3, 0.4) is 0 Å². The minimum atomic E-state index is 0.567. The summed E-state index contributed by atoms with van der Waals surface area (Å²) in [7, 11) is 0. The summed E-state index contributed by atoms with van der Waals surface area (Å²) in [6.07, 6.45) is 9.02. The second kappa shape index (κ2) is 3.11. The molecule has 1 nitrogen and oxygen atoms in total. The molecular formula is C10H8ClN. The summed E-state index contributed by atoms with van der Waals surface area (Å²) < 4.78 is 0. The SMILES string of the molecule is Clc1ccc2c(n1)CC=CC=C2. The van der Waals surface area contributed by atoms with Crippen molar-refractivity contribution in [3.05, 3.63) is 46.8 Å². The Labute approximate surface area is 76.4 Å². The fourth-order valence-corrected chi connectivity index (χ4v) is 1.38. The summed E-state index contributed by atoms with van der Waals surface area (Å²) in [6, 6.07) is 3.81. The van der Waals surface area contributed by atoms with E-state index in [1.54, 1.807) is 0 Å². The van der Waals surface area contributed by atoms with E-state index in [-0.39, 0.29) is 0 Å². The summed E-state index contributed by atoms with van der Waals surface area (Å²) >= 11 is 5.77. The molecule has 0 unspecified atom stereocenters. The molecule has 1 aliphatic carbocycles. The van der Waals surface area contributed by atoms with Gasteiger partial charge in [0.1, 0.15) is 5.15 Å². The molecule has 1 aliphatic rings. The predicted molar refractivity (Wildman–Crippen MR) is 51.1 cm³/mol. The van der Waals surface area contributed by atoms with Gasteiger partial charge in [0.15, 0.2) is 0 Å². The van der Waals surface area contributed by atoms with Gasteiger partial charge in [0, 0.05) is 6.42 Å². The minimum Gasteiger partial charge on any atom is -0.240 e. The van der Waals surface area contributed by atoms with E-state index in [0.717, 1.165) is 17.7 Å². The van der Waals surface area contributed by atoms with Crippen LogP contribution in [0.25, 0.3) is 6.08 Å². The zero-order valence-electron chi connectivity index (χ0n) is 6.50. The Morgan fingerprint density at radius 3 is 3.08 bits per heavy atom. The van der Waals surface area contributed by atoms with Crippen LogP contribution in [0.2, 0.25) is 5.15 Å². The second-order valence-electron chi connectivity index (χ2n) is 2.66. The normalized spacial score (nSPS) is 14.1. The average molecular weight is 178 g/mol. The molecule has 1 aromatic rings. The number of hydrogen-bond acceptors (Lipinski definition) is 1. The Morgan fingerprint density at radius 1 is 1.25 bits per heavy atom. The number of rotatable bonds is 0. The first kappa shape index (κ1) is 7.56. The average Bonchev–Trinajstić information content (AvgIpc) is 2.28. The van der Waals surface area contributed by atoms with Crippen LogP contribution >= 0.6 is 11.6 Å². The van der Waals surface area contributed by atoms with Crippen LogP contribution in [0.15, 0.2) is 30.4 Å². The largest absolute Gasteiger partial charge is 0.240 e. The predicted octanol–water partition coefficient (Wildman–Crippen LogP) is 2.86. The molecule has 1 aromatic heterocycles. The Balaban J connectivity index is 2.53. The highest BCUT2D eigenvalue weighted by atomic mass is 35.5. The van der Waals surface area contributed by atoms with Gasteiger partial charge in [-0.15, -0.1) is 0 Å². The summed E-state index contributed by atoms with van der Waals surface area (Å²) in [6.45, 7) is 0. The third kappa shape index (κ3) is 1.41. The monoisotopic (exact) mass is 177 g/mol. The van der Waals surface area contributed by atoms with Gasteiger partial charge in [-0.1, -0.05) is 42.0 Å². The van der Waals surface area contributed by atoms with Crippen LogP contribution in [-0.2, 0) is 6.42 Å². The Kier molecular flexibility index (Phi) is 1.96. The van der Waals surface area contributed by atoms with E-state index >= 15 is 0 Å². The number of fused-ring (bicyclic) bond motifs is 1. The number of allylic oxidation sites excluding steroid dienone is 3. The van der Waals surface area contributed by atoms with Crippen molar-refractivity contribution in [3.63, 3.8) is 0 Å². The first-order valence-electron chi connectivity index (χ1n) is 3.85.